The van der Waals surface area contributed by atoms with Crippen molar-refractivity contribution in [1.29, 1.82) is 0 Å². The highest BCUT2D eigenvalue weighted by Gasteiger charge is 2.07. The van der Waals surface area contributed by atoms with E-state index in [1.807, 2.05) is 46.8 Å². The normalized spacial score (nSPS) is 10.8. The number of ether oxygens (including phenoxy) is 1. The van der Waals surface area contributed by atoms with Crippen molar-refractivity contribution in [2.75, 3.05) is 0 Å². The van der Waals surface area contributed by atoms with Gasteiger partial charge in [-0.05, 0) is 43.5 Å². The monoisotopic (exact) mass is 320 g/mol. The molecular weight excluding hydrogens is 311 g/mol. The van der Waals surface area contributed by atoms with Crippen molar-refractivity contribution in [2.24, 2.45) is 0 Å². The number of nitrogens with zero attached hydrogens (tertiary/aromatic N) is 2. The second kappa shape index (κ2) is 4.71. The first-order valence-electron chi connectivity index (χ1n) is 5.38. The van der Waals surface area contributed by atoms with Crippen LogP contribution >= 0.6 is 25.3 Å². The molecule has 18 heavy (non-hydrogen) atoms. The molecular formula is C13H10BrN2OP. The summed E-state index contributed by atoms with van der Waals surface area (Å²) in [5.41, 5.74) is 1.92. The molecule has 3 aromatic rings. The van der Waals surface area contributed by atoms with E-state index in [2.05, 4.69) is 30.3 Å². The SMILES string of the molecule is Pn1cnc2c(Br)cc(Oc3ccccc3)cc21. The van der Waals surface area contributed by atoms with Crippen LogP contribution in [0.4, 0.5) is 0 Å². The van der Waals surface area contributed by atoms with Gasteiger partial charge in [-0.2, -0.15) is 0 Å². The van der Waals surface area contributed by atoms with Crippen molar-refractivity contribution in [3.63, 3.8) is 0 Å². The highest BCUT2D eigenvalue weighted by Crippen LogP contribution is 2.31. The molecule has 0 fully saturated rings. The summed E-state index contributed by atoms with van der Waals surface area (Å²) >= 11 is 3.51. The maximum atomic E-state index is 5.81. The minimum Gasteiger partial charge on any atom is -0.457 e. The average Bonchev–Trinajstić information content (AvgIpc) is 2.73. The quantitative estimate of drug-likeness (QED) is 0.661. The van der Waals surface area contributed by atoms with Gasteiger partial charge < -0.3 is 9.07 Å². The maximum absolute atomic E-state index is 5.81. The van der Waals surface area contributed by atoms with Crippen LogP contribution < -0.4 is 4.74 Å². The number of halogens is 1. The zero-order valence-corrected chi connectivity index (χ0v) is 12.1. The number of fused-ring (bicyclic) bond motifs is 1. The fourth-order valence-corrected chi connectivity index (χ4v) is 2.55. The van der Waals surface area contributed by atoms with Gasteiger partial charge in [0.25, 0.3) is 0 Å². The van der Waals surface area contributed by atoms with Crippen LogP contribution in [-0.2, 0) is 0 Å². The summed E-state index contributed by atoms with van der Waals surface area (Å²) in [4.78, 5) is 4.31. The lowest BCUT2D eigenvalue weighted by atomic mass is 10.3. The fourth-order valence-electron chi connectivity index (χ4n) is 1.75. The Morgan fingerprint density at radius 1 is 1.11 bits per heavy atom. The molecule has 2 aromatic carbocycles. The van der Waals surface area contributed by atoms with Gasteiger partial charge in [0.1, 0.15) is 17.0 Å². The predicted octanol–water partition coefficient (Wildman–Crippen LogP) is 4.23. The van der Waals surface area contributed by atoms with Crippen LogP contribution in [0.3, 0.4) is 0 Å². The molecule has 90 valence electrons. The summed E-state index contributed by atoms with van der Waals surface area (Å²) in [6.45, 7) is 0. The van der Waals surface area contributed by atoms with Crippen LogP contribution in [0.1, 0.15) is 0 Å². The third-order valence-electron chi connectivity index (χ3n) is 2.59. The molecule has 0 saturated heterocycles. The van der Waals surface area contributed by atoms with Gasteiger partial charge >= 0.3 is 0 Å². The van der Waals surface area contributed by atoms with E-state index in [1.54, 1.807) is 6.33 Å². The third-order valence-corrected chi connectivity index (χ3v) is 3.60. The molecule has 3 rings (SSSR count). The molecule has 0 aliphatic carbocycles. The van der Waals surface area contributed by atoms with Crippen LogP contribution in [0.15, 0.2) is 53.3 Å². The summed E-state index contributed by atoms with van der Waals surface area (Å²) in [6.07, 6.45) is 1.76. The van der Waals surface area contributed by atoms with Crippen LogP contribution in [0.2, 0.25) is 0 Å². The molecule has 0 amide bonds. The van der Waals surface area contributed by atoms with E-state index in [-0.39, 0.29) is 0 Å². The molecule has 1 atom stereocenters. The Kier molecular flexibility index (Phi) is 3.06. The van der Waals surface area contributed by atoms with Gasteiger partial charge in [0.05, 0.1) is 11.8 Å². The molecule has 0 N–H and O–H groups in total. The van der Waals surface area contributed by atoms with Crippen molar-refractivity contribution >= 4 is 36.4 Å². The minimum absolute atomic E-state index is 0.782. The van der Waals surface area contributed by atoms with Crippen molar-refractivity contribution < 1.29 is 4.74 Å². The van der Waals surface area contributed by atoms with Gasteiger partial charge in [0.2, 0.25) is 0 Å². The Hall–Kier alpha value is -1.38. The van der Waals surface area contributed by atoms with Crippen LogP contribution in [0.5, 0.6) is 11.5 Å². The average molecular weight is 321 g/mol. The van der Waals surface area contributed by atoms with Gasteiger partial charge in [0.15, 0.2) is 0 Å². The van der Waals surface area contributed by atoms with Crippen LogP contribution in [0, 0.1) is 0 Å². The van der Waals surface area contributed by atoms with Crippen LogP contribution in [-0.4, -0.2) is 9.32 Å². The molecule has 0 aliphatic rings. The van der Waals surface area contributed by atoms with Crippen LogP contribution in [0.25, 0.3) is 11.0 Å². The largest absolute Gasteiger partial charge is 0.457 e. The number of rotatable bonds is 2. The molecule has 0 bridgehead atoms. The lowest BCUT2D eigenvalue weighted by Crippen LogP contribution is -1.85. The second-order valence-electron chi connectivity index (χ2n) is 3.84. The number of para-hydroxylation sites is 1. The third kappa shape index (κ3) is 2.14. The number of imidazole rings is 1. The minimum atomic E-state index is 0.782. The number of benzene rings is 2. The smallest absolute Gasteiger partial charge is 0.130 e. The highest BCUT2D eigenvalue weighted by atomic mass is 79.9. The van der Waals surface area contributed by atoms with Gasteiger partial charge in [-0.1, -0.05) is 18.2 Å². The zero-order valence-electron chi connectivity index (χ0n) is 9.38. The standard InChI is InChI=1S/C13H10BrN2OP/c14-11-6-10(17-9-4-2-1-3-5-9)7-12-13(11)15-8-16(12)18/h1-8H,18H2. The molecule has 1 aromatic heterocycles. The topological polar surface area (TPSA) is 27.1 Å². The molecule has 1 unspecified atom stereocenters. The number of hydrogen-bond acceptors (Lipinski definition) is 2. The molecule has 0 saturated carbocycles. The molecule has 0 radical (unpaired) electrons. The first-order chi connectivity index (χ1) is 8.74. The number of aromatic nitrogens is 2. The Morgan fingerprint density at radius 2 is 1.89 bits per heavy atom. The van der Waals surface area contributed by atoms with E-state index in [4.69, 9.17) is 4.74 Å². The predicted molar refractivity (Wildman–Crippen MR) is 79.1 cm³/mol. The van der Waals surface area contributed by atoms with E-state index in [0.717, 1.165) is 27.0 Å². The fraction of sp³-hybridized carbons (Fsp3) is 0. The van der Waals surface area contributed by atoms with E-state index >= 15 is 0 Å². The highest BCUT2D eigenvalue weighted by molar-refractivity contribution is 9.10. The van der Waals surface area contributed by atoms with Gasteiger partial charge in [0, 0.05) is 10.5 Å². The summed E-state index contributed by atoms with van der Waals surface area (Å²) in [5.74, 6) is 1.60. The first kappa shape index (κ1) is 11.7. The van der Waals surface area contributed by atoms with Crippen molar-refractivity contribution in [1.82, 2.24) is 9.32 Å². The molecule has 0 aliphatic heterocycles. The van der Waals surface area contributed by atoms with Crippen molar-refractivity contribution in [3.05, 3.63) is 53.3 Å². The Labute approximate surface area is 115 Å². The lowest BCUT2D eigenvalue weighted by molar-refractivity contribution is 0.483. The summed E-state index contributed by atoms with van der Waals surface area (Å²) in [5, 5.41) is 0. The Bertz CT molecular complexity index is 697. The Balaban J connectivity index is 2.05. The summed E-state index contributed by atoms with van der Waals surface area (Å²) in [7, 11) is 2.60. The van der Waals surface area contributed by atoms with Gasteiger partial charge in [-0.15, -0.1) is 0 Å². The summed E-state index contributed by atoms with van der Waals surface area (Å²) < 4.78 is 8.62. The van der Waals surface area contributed by atoms with E-state index in [0.29, 0.717) is 0 Å². The van der Waals surface area contributed by atoms with Gasteiger partial charge in [-0.25, -0.2) is 4.98 Å². The molecule has 5 heteroatoms. The van der Waals surface area contributed by atoms with E-state index in [9.17, 15) is 0 Å². The molecule has 1 heterocycles. The lowest BCUT2D eigenvalue weighted by Gasteiger charge is -2.06. The van der Waals surface area contributed by atoms with E-state index < -0.39 is 0 Å². The number of hydrogen-bond donors (Lipinski definition) is 0. The zero-order chi connectivity index (χ0) is 12.5. The Morgan fingerprint density at radius 3 is 2.67 bits per heavy atom. The van der Waals surface area contributed by atoms with Crippen molar-refractivity contribution in [3.8, 4) is 11.5 Å². The molecule has 0 spiro atoms. The van der Waals surface area contributed by atoms with Crippen molar-refractivity contribution in [2.45, 2.75) is 0 Å². The second-order valence-corrected chi connectivity index (χ2v) is 5.25. The molecule has 3 nitrogen and oxygen atoms in total. The van der Waals surface area contributed by atoms with Gasteiger partial charge in [-0.3, -0.25) is 0 Å². The first-order valence-corrected chi connectivity index (χ1v) is 6.69. The summed E-state index contributed by atoms with van der Waals surface area (Å²) in [6, 6.07) is 13.6. The van der Waals surface area contributed by atoms with E-state index in [1.165, 1.54) is 0 Å². The maximum Gasteiger partial charge on any atom is 0.130 e.